The Balaban J connectivity index is 5.24. The summed E-state index contributed by atoms with van der Waals surface area (Å²) in [6.07, 6.45) is 44.4. The maximum atomic E-state index is 13.0. The molecule has 0 radical (unpaired) electrons. The van der Waals surface area contributed by atoms with Crippen molar-refractivity contribution in [3.63, 3.8) is 0 Å². The molecule has 3 N–H and O–H groups in total. The van der Waals surface area contributed by atoms with Gasteiger partial charge in [-0.15, -0.1) is 0 Å². The van der Waals surface area contributed by atoms with E-state index in [0.29, 0.717) is 31.6 Å². The van der Waals surface area contributed by atoms with Crippen LogP contribution in [-0.2, 0) is 65.4 Å². The Bertz CT molecular complexity index is 1700. The van der Waals surface area contributed by atoms with E-state index in [-0.39, 0.29) is 25.7 Å². The van der Waals surface area contributed by atoms with Gasteiger partial charge in [-0.05, 0) is 37.5 Å². The molecule has 0 aliphatic rings. The Morgan fingerprint density at radius 3 is 0.874 bits per heavy atom. The maximum absolute atomic E-state index is 13.0. The van der Waals surface area contributed by atoms with Crippen molar-refractivity contribution in [2.45, 2.75) is 362 Å². The van der Waals surface area contributed by atoms with Gasteiger partial charge in [-0.2, -0.15) is 0 Å². The number of phosphoric ester groups is 2. The second-order valence-corrected chi connectivity index (χ2v) is 28.2. The summed E-state index contributed by atoms with van der Waals surface area (Å²) in [7, 11) is -9.89. The Labute approximate surface area is 530 Å². The van der Waals surface area contributed by atoms with Crippen LogP contribution < -0.4 is 0 Å². The minimum absolute atomic E-state index is 0.106. The van der Waals surface area contributed by atoms with Crippen LogP contribution in [0, 0.1) is 11.8 Å². The van der Waals surface area contributed by atoms with Gasteiger partial charge in [0.2, 0.25) is 0 Å². The third-order valence-electron chi connectivity index (χ3n) is 16.1. The topological polar surface area (TPSA) is 237 Å². The number of aliphatic hydroxyl groups is 1. The van der Waals surface area contributed by atoms with Crippen LogP contribution in [0.25, 0.3) is 0 Å². The number of esters is 4. The van der Waals surface area contributed by atoms with Gasteiger partial charge in [0.05, 0.1) is 26.4 Å². The van der Waals surface area contributed by atoms with Crippen LogP contribution in [0.2, 0.25) is 0 Å². The number of carbonyl (C=O) groups is 4. The molecule has 6 atom stereocenters. The molecular formula is C68H132O17P2. The molecule has 0 aromatic heterocycles. The van der Waals surface area contributed by atoms with Crippen molar-refractivity contribution in [3.05, 3.63) is 0 Å². The maximum Gasteiger partial charge on any atom is 0.472 e. The molecule has 0 spiro atoms. The number of aliphatic hydroxyl groups excluding tert-OH is 1. The third kappa shape index (κ3) is 61.3. The molecule has 0 aliphatic carbocycles. The molecule has 0 rings (SSSR count). The molecule has 0 aliphatic heterocycles. The van der Waals surface area contributed by atoms with Crippen molar-refractivity contribution in [3.8, 4) is 0 Å². The number of unbranched alkanes of at least 4 members (excludes halogenated alkanes) is 36. The first-order valence-corrected chi connectivity index (χ1v) is 38.5. The molecule has 516 valence electrons. The molecule has 3 unspecified atom stereocenters. The van der Waals surface area contributed by atoms with Crippen LogP contribution in [-0.4, -0.2) is 96.7 Å². The third-order valence-corrected chi connectivity index (χ3v) is 18.0. The van der Waals surface area contributed by atoms with Gasteiger partial charge in [0.25, 0.3) is 0 Å². The number of carbonyl (C=O) groups excluding carboxylic acids is 4. The van der Waals surface area contributed by atoms with Crippen molar-refractivity contribution < 1.29 is 80.2 Å². The minimum atomic E-state index is -4.95. The van der Waals surface area contributed by atoms with Crippen LogP contribution in [0.4, 0.5) is 0 Å². The van der Waals surface area contributed by atoms with E-state index in [1.165, 1.54) is 154 Å². The van der Waals surface area contributed by atoms with E-state index in [1.807, 2.05) is 0 Å². The van der Waals surface area contributed by atoms with Gasteiger partial charge in [-0.3, -0.25) is 37.3 Å². The molecule has 0 bridgehead atoms. The largest absolute Gasteiger partial charge is 0.472 e. The molecule has 0 heterocycles. The average molecular weight is 1280 g/mol. The van der Waals surface area contributed by atoms with E-state index >= 15 is 0 Å². The van der Waals surface area contributed by atoms with Gasteiger partial charge in [0.1, 0.15) is 19.3 Å². The molecule has 87 heavy (non-hydrogen) atoms. The van der Waals surface area contributed by atoms with E-state index < -0.39 is 97.5 Å². The predicted molar refractivity (Wildman–Crippen MR) is 349 cm³/mol. The Morgan fingerprint density at radius 1 is 0.333 bits per heavy atom. The van der Waals surface area contributed by atoms with Crippen molar-refractivity contribution in [1.82, 2.24) is 0 Å². The summed E-state index contributed by atoms with van der Waals surface area (Å²) >= 11 is 0. The number of phosphoric acid groups is 2. The highest BCUT2D eigenvalue weighted by Crippen LogP contribution is 2.45. The van der Waals surface area contributed by atoms with Crippen molar-refractivity contribution in [1.29, 1.82) is 0 Å². The second kappa shape index (κ2) is 60.3. The number of hydrogen-bond acceptors (Lipinski definition) is 15. The van der Waals surface area contributed by atoms with Crippen molar-refractivity contribution in [2.24, 2.45) is 11.8 Å². The highest BCUT2D eigenvalue weighted by Gasteiger charge is 2.30. The SMILES string of the molecule is CCCCCCCCCCCCCCCCCC(=O)O[C@H](COC(=O)CCCCCCCCCCC(C)CC)COP(=O)(O)OC[C@@H](O)COP(=O)(O)OC[C@@H](COC(=O)CCCCCCCCC(C)C)OC(=O)CCCCCCCCCCCCC. The van der Waals surface area contributed by atoms with Crippen LogP contribution in [0.1, 0.15) is 343 Å². The first-order chi connectivity index (χ1) is 41.9. The summed E-state index contributed by atoms with van der Waals surface area (Å²) < 4.78 is 68.2. The van der Waals surface area contributed by atoms with Gasteiger partial charge in [-0.1, -0.05) is 292 Å². The zero-order valence-corrected chi connectivity index (χ0v) is 58.1. The molecular weight excluding hydrogens is 1150 g/mol. The fourth-order valence-corrected chi connectivity index (χ4v) is 11.8. The summed E-state index contributed by atoms with van der Waals surface area (Å²) in [5.74, 6) is -0.670. The lowest BCUT2D eigenvalue weighted by atomic mass is 9.99. The van der Waals surface area contributed by atoms with Gasteiger partial charge in [-0.25, -0.2) is 9.13 Å². The van der Waals surface area contributed by atoms with E-state index in [9.17, 15) is 43.2 Å². The lowest BCUT2D eigenvalue weighted by Crippen LogP contribution is -2.30. The molecule has 17 nitrogen and oxygen atoms in total. The molecule has 0 aromatic carbocycles. The minimum Gasteiger partial charge on any atom is -0.462 e. The van der Waals surface area contributed by atoms with Gasteiger partial charge < -0.3 is 33.8 Å². The van der Waals surface area contributed by atoms with Crippen LogP contribution in [0.15, 0.2) is 0 Å². The predicted octanol–water partition coefficient (Wildman–Crippen LogP) is 19.2. The molecule has 0 saturated heterocycles. The summed E-state index contributed by atoms with van der Waals surface area (Å²) in [6.45, 7) is 9.45. The number of ether oxygens (including phenoxy) is 4. The van der Waals surface area contributed by atoms with E-state index in [2.05, 4.69) is 41.5 Å². The van der Waals surface area contributed by atoms with E-state index in [1.54, 1.807) is 0 Å². The fraction of sp³-hybridized carbons (Fsp3) is 0.941. The summed E-state index contributed by atoms with van der Waals surface area (Å²) in [5.41, 5.74) is 0. The Kier molecular flexibility index (Phi) is 59.0. The summed E-state index contributed by atoms with van der Waals surface area (Å²) in [5, 5.41) is 10.6. The van der Waals surface area contributed by atoms with Gasteiger partial charge in [0, 0.05) is 25.7 Å². The number of hydrogen-bond donors (Lipinski definition) is 3. The standard InChI is InChI=1S/C68H132O17P2/c1-7-10-12-14-16-18-20-21-22-23-25-27-33-41-47-53-68(73)84-63(56-78-65(70)50-44-38-31-29-28-30-37-43-49-61(6)9-3)58-82-86(74,75)80-54-62(69)55-81-87(76,77)83-59-64(57-79-66(71)51-45-39-35-34-36-42-48-60(4)5)85-67(72)52-46-40-32-26-24-19-17-15-13-11-8-2/h60-64,69H,7-59H2,1-6H3,(H,74,75)(H,76,77)/t61?,62-,63-,64-/m1/s1. The lowest BCUT2D eigenvalue weighted by molar-refractivity contribution is -0.161. The molecule has 0 aromatic rings. The fourth-order valence-electron chi connectivity index (χ4n) is 10.2. The number of rotatable bonds is 67. The highest BCUT2D eigenvalue weighted by molar-refractivity contribution is 7.47. The quantitative estimate of drug-likeness (QED) is 0.0222. The zero-order valence-electron chi connectivity index (χ0n) is 56.3. The van der Waals surface area contributed by atoms with Crippen molar-refractivity contribution >= 4 is 39.5 Å². The normalized spacial score (nSPS) is 14.5. The summed E-state index contributed by atoms with van der Waals surface area (Å²) in [6, 6.07) is 0. The first-order valence-electron chi connectivity index (χ1n) is 35.5. The van der Waals surface area contributed by atoms with Crippen LogP contribution >= 0.6 is 15.6 Å². The summed E-state index contributed by atoms with van der Waals surface area (Å²) in [4.78, 5) is 72.4. The monoisotopic (exact) mass is 1280 g/mol. The molecule has 19 heteroatoms. The van der Waals surface area contributed by atoms with Gasteiger partial charge in [0.15, 0.2) is 12.2 Å². The second-order valence-electron chi connectivity index (χ2n) is 25.3. The highest BCUT2D eigenvalue weighted by atomic mass is 31.2. The molecule has 0 saturated carbocycles. The zero-order chi connectivity index (χ0) is 64.3. The van der Waals surface area contributed by atoms with Crippen LogP contribution in [0.3, 0.4) is 0 Å². The van der Waals surface area contributed by atoms with E-state index in [0.717, 1.165) is 102 Å². The average Bonchev–Trinajstić information content (AvgIpc) is 3.69. The Morgan fingerprint density at radius 2 is 0.586 bits per heavy atom. The lowest BCUT2D eigenvalue weighted by Gasteiger charge is -2.21. The van der Waals surface area contributed by atoms with Gasteiger partial charge >= 0.3 is 39.5 Å². The smallest absolute Gasteiger partial charge is 0.462 e. The first kappa shape index (κ1) is 85.1. The van der Waals surface area contributed by atoms with Crippen molar-refractivity contribution in [2.75, 3.05) is 39.6 Å². The van der Waals surface area contributed by atoms with Crippen LogP contribution in [0.5, 0.6) is 0 Å². The molecule has 0 fully saturated rings. The Hall–Kier alpha value is -1.94. The van der Waals surface area contributed by atoms with E-state index in [4.69, 9.17) is 37.0 Å². The molecule has 0 amide bonds.